The first-order valence-corrected chi connectivity index (χ1v) is 6.83. The molecule has 2 unspecified atom stereocenters. The maximum absolute atomic E-state index is 3.56. The molecular weight excluding hydrogens is 202 g/mol. The SMILES string of the molecule is CC1CC(c2ccc3c(c2)CCCS3)N1. The van der Waals surface area contributed by atoms with Crippen LogP contribution in [0.3, 0.4) is 0 Å². The molecule has 1 fully saturated rings. The predicted octanol–water partition coefficient (Wildman–Crippen LogP) is 3.15. The average Bonchev–Trinajstić information content (AvgIpc) is 2.24. The van der Waals surface area contributed by atoms with Crippen molar-refractivity contribution < 1.29 is 0 Å². The van der Waals surface area contributed by atoms with Gasteiger partial charge in [-0.2, -0.15) is 0 Å². The summed E-state index contributed by atoms with van der Waals surface area (Å²) in [6.07, 6.45) is 3.92. The molecule has 2 atom stereocenters. The molecular formula is C13H17NS. The van der Waals surface area contributed by atoms with Gasteiger partial charge in [0.25, 0.3) is 0 Å². The summed E-state index contributed by atoms with van der Waals surface area (Å²) in [6.45, 7) is 2.25. The van der Waals surface area contributed by atoms with Gasteiger partial charge in [-0.1, -0.05) is 12.1 Å². The van der Waals surface area contributed by atoms with Crippen molar-refractivity contribution in [1.82, 2.24) is 5.32 Å². The second-order valence-electron chi connectivity index (χ2n) is 4.68. The standard InChI is InChI=1S/C13H17NS/c1-9-7-12(14-9)10-4-5-13-11(8-10)3-2-6-15-13/h4-5,8-9,12,14H,2-3,6-7H2,1H3. The topological polar surface area (TPSA) is 12.0 Å². The highest BCUT2D eigenvalue weighted by molar-refractivity contribution is 7.99. The van der Waals surface area contributed by atoms with Gasteiger partial charge in [0.1, 0.15) is 0 Å². The van der Waals surface area contributed by atoms with E-state index in [1.54, 1.807) is 5.56 Å². The number of nitrogens with one attached hydrogen (secondary N) is 1. The second-order valence-corrected chi connectivity index (χ2v) is 5.81. The summed E-state index contributed by atoms with van der Waals surface area (Å²) in [6, 6.07) is 8.38. The third kappa shape index (κ3) is 1.81. The Balaban J connectivity index is 1.85. The zero-order chi connectivity index (χ0) is 10.3. The van der Waals surface area contributed by atoms with Gasteiger partial charge in [0, 0.05) is 17.0 Å². The van der Waals surface area contributed by atoms with Gasteiger partial charge in [-0.25, -0.2) is 0 Å². The van der Waals surface area contributed by atoms with E-state index in [0.29, 0.717) is 12.1 Å². The molecule has 1 nitrogen and oxygen atoms in total. The number of thioether (sulfide) groups is 1. The zero-order valence-electron chi connectivity index (χ0n) is 9.12. The second kappa shape index (κ2) is 3.84. The number of hydrogen-bond donors (Lipinski definition) is 1. The molecule has 0 spiro atoms. The summed E-state index contributed by atoms with van der Waals surface area (Å²) in [4.78, 5) is 1.51. The summed E-state index contributed by atoms with van der Waals surface area (Å²) >= 11 is 2.01. The van der Waals surface area contributed by atoms with Crippen LogP contribution in [0.1, 0.15) is 36.9 Å². The summed E-state index contributed by atoms with van der Waals surface area (Å²) in [5.41, 5.74) is 3.07. The lowest BCUT2D eigenvalue weighted by molar-refractivity contribution is 0.287. The van der Waals surface area contributed by atoms with Gasteiger partial charge in [-0.05, 0) is 49.1 Å². The number of aryl methyl sites for hydroxylation is 1. The van der Waals surface area contributed by atoms with Gasteiger partial charge in [0.15, 0.2) is 0 Å². The summed E-state index contributed by atoms with van der Waals surface area (Å²) < 4.78 is 0. The Morgan fingerprint density at radius 3 is 3.07 bits per heavy atom. The lowest BCUT2D eigenvalue weighted by atomic mass is 9.90. The largest absolute Gasteiger partial charge is 0.307 e. The molecule has 0 saturated carbocycles. The molecule has 2 heterocycles. The average molecular weight is 219 g/mol. The fraction of sp³-hybridized carbons (Fsp3) is 0.538. The molecule has 2 heteroatoms. The normalized spacial score (nSPS) is 29.4. The summed E-state index contributed by atoms with van der Waals surface area (Å²) in [7, 11) is 0. The molecule has 1 aromatic rings. The molecule has 3 rings (SSSR count). The fourth-order valence-corrected chi connectivity index (χ4v) is 3.52. The molecule has 1 saturated heterocycles. The highest BCUT2D eigenvalue weighted by atomic mass is 32.2. The van der Waals surface area contributed by atoms with E-state index in [1.807, 2.05) is 11.8 Å². The highest BCUT2D eigenvalue weighted by Gasteiger charge is 2.26. The van der Waals surface area contributed by atoms with Crippen molar-refractivity contribution in [1.29, 1.82) is 0 Å². The van der Waals surface area contributed by atoms with E-state index in [2.05, 4.69) is 30.4 Å². The Bertz CT molecular complexity index is 369. The molecule has 0 aliphatic carbocycles. The van der Waals surface area contributed by atoms with Crippen LogP contribution in [0, 0.1) is 0 Å². The van der Waals surface area contributed by atoms with E-state index < -0.39 is 0 Å². The summed E-state index contributed by atoms with van der Waals surface area (Å²) in [5, 5.41) is 3.56. The molecule has 0 radical (unpaired) electrons. The Morgan fingerprint density at radius 2 is 2.27 bits per heavy atom. The Kier molecular flexibility index (Phi) is 2.49. The first kappa shape index (κ1) is 9.73. The molecule has 0 aromatic heterocycles. The first-order chi connectivity index (χ1) is 7.33. The third-order valence-corrected chi connectivity index (χ3v) is 4.61. The van der Waals surface area contributed by atoms with E-state index in [1.165, 1.54) is 35.5 Å². The molecule has 80 valence electrons. The number of fused-ring (bicyclic) bond motifs is 1. The highest BCUT2D eigenvalue weighted by Crippen LogP contribution is 2.34. The minimum Gasteiger partial charge on any atom is -0.307 e. The third-order valence-electron chi connectivity index (χ3n) is 3.41. The van der Waals surface area contributed by atoms with Gasteiger partial charge >= 0.3 is 0 Å². The van der Waals surface area contributed by atoms with Crippen molar-refractivity contribution in [2.45, 2.75) is 43.2 Å². The Morgan fingerprint density at radius 1 is 1.40 bits per heavy atom. The quantitative estimate of drug-likeness (QED) is 0.778. The van der Waals surface area contributed by atoms with E-state index in [4.69, 9.17) is 0 Å². The maximum Gasteiger partial charge on any atom is 0.0337 e. The van der Waals surface area contributed by atoms with Crippen LogP contribution in [-0.4, -0.2) is 11.8 Å². The first-order valence-electron chi connectivity index (χ1n) is 5.84. The molecule has 0 bridgehead atoms. The molecule has 1 aromatic carbocycles. The summed E-state index contributed by atoms with van der Waals surface area (Å²) in [5.74, 6) is 1.30. The van der Waals surface area contributed by atoms with Crippen LogP contribution < -0.4 is 5.32 Å². The van der Waals surface area contributed by atoms with Crippen LogP contribution in [0.4, 0.5) is 0 Å². The number of rotatable bonds is 1. The van der Waals surface area contributed by atoms with Crippen LogP contribution in [-0.2, 0) is 6.42 Å². The molecule has 15 heavy (non-hydrogen) atoms. The van der Waals surface area contributed by atoms with Crippen LogP contribution in [0.25, 0.3) is 0 Å². The Hall–Kier alpha value is -0.470. The van der Waals surface area contributed by atoms with Gasteiger partial charge in [0.05, 0.1) is 0 Å². The van der Waals surface area contributed by atoms with Crippen LogP contribution in [0.5, 0.6) is 0 Å². The monoisotopic (exact) mass is 219 g/mol. The lowest BCUT2D eigenvalue weighted by Crippen LogP contribution is -2.43. The van der Waals surface area contributed by atoms with Crippen molar-refractivity contribution >= 4 is 11.8 Å². The van der Waals surface area contributed by atoms with Crippen LogP contribution >= 0.6 is 11.8 Å². The predicted molar refractivity (Wildman–Crippen MR) is 65.4 cm³/mol. The Labute approximate surface area is 95.6 Å². The fourth-order valence-electron chi connectivity index (χ4n) is 2.50. The van der Waals surface area contributed by atoms with Gasteiger partial charge in [-0.15, -0.1) is 11.8 Å². The number of hydrogen-bond acceptors (Lipinski definition) is 2. The van der Waals surface area contributed by atoms with E-state index in [9.17, 15) is 0 Å². The van der Waals surface area contributed by atoms with Crippen molar-refractivity contribution in [3.63, 3.8) is 0 Å². The smallest absolute Gasteiger partial charge is 0.0337 e. The van der Waals surface area contributed by atoms with E-state index in [-0.39, 0.29) is 0 Å². The molecule has 2 aliphatic heterocycles. The molecule has 0 amide bonds. The van der Waals surface area contributed by atoms with Gasteiger partial charge in [-0.3, -0.25) is 0 Å². The van der Waals surface area contributed by atoms with Crippen LogP contribution in [0.2, 0.25) is 0 Å². The van der Waals surface area contributed by atoms with Crippen molar-refractivity contribution in [2.75, 3.05) is 5.75 Å². The molecule has 1 N–H and O–H groups in total. The number of benzene rings is 1. The van der Waals surface area contributed by atoms with Crippen LogP contribution in [0.15, 0.2) is 23.1 Å². The minimum absolute atomic E-state index is 0.622. The van der Waals surface area contributed by atoms with Gasteiger partial charge in [0.2, 0.25) is 0 Å². The van der Waals surface area contributed by atoms with Crippen molar-refractivity contribution in [3.05, 3.63) is 29.3 Å². The molecule has 2 aliphatic rings. The van der Waals surface area contributed by atoms with Crippen molar-refractivity contribution in [3.8, 4) is 0 Å². The minimum atomic E-state index is 0.622. The van der Waals surface area contributed by atoms with E-state index in [0.717, 1.165) is 0 Å². The zero-order valence-corrected chi connectivity index (χ0v) is 9.94. The maximum atomic E-state index is 3.56. The van der Waals surface area contributed by atoms with E-state index >= 15 is 0 Å². The van der Waals surface area contributed by atoms with Crippen molar-refractivity contribution in [2.24, 2.45) is 0 Å². The van der Waals surface area contributed by atoms with Gasteiger partial charge < -0.3 is 5.32 Å². The lowest BCUT2D eigenvalue weighted by Gasteiger charge is -2.35.